The van der Waals surface area contributed by atoms with Crippen LogP contribution in [-0.2, 0) is 6.61 Å². The van der Waals surface area contributed by atoms with Gasteiger partial charge in [0.25, 0.3) is 5.69 Å². The minimum atomic E-state index is -0.474. The van der Waals surface area contributed by atoms with E-state index in [4.69, 9.17) is 4.74 Å². The third-order valence-corrected chi connectivity index (χ3v) is 3.92. The maximum absolute atomic E-state index is 13.1. The summed E-state index contributed by atoms with van der Waals surface area (Å²) >= 11 is 6.51. The highest BCUT2D eigenvalue weighted by Gasteiger charge is 2.10. The summed E-state index contributed by atoms with van der Waals surface area (Å²) in [4.78, 5) is 10.2. The van der Waals surface area contributed by atoms with Crippen molar-refractivity contribution in [1.29, 1.82) is 0 Å². The van der Waals surface area contributed by atoms with Crippen LogP contribution in [0, 0.1) is 15.9 Å². The molecule has 2 aromatic rings. The Morgan fingerprint density at radius 3 is 2.55 bits per heavy atom. The molecule has 0 aliphatic carbocycles. The zero-order valence-electron chi connectivity index (χ0n) is 9.98. The summed E-state index contributed by atoms with van der Waals surface area (Å²) in [6.07, 6.45) is 0. The average Bonchev–Trinajstić information content (AvgIpc) is 2.40. The molecule has 7 heteroatoms. The zero-order chi connectivity index (χ0) is 14.7. The van der Waals surface area contributed by atoms with Gasteiger partial charge < -0.3 is 4.74 Å². The second kappa shape index (κ2) is 6.32. The van der Waals surface area contributed by atoms with Crippen molar-refractivity contribution in [2.24, 2.45) is 0 Å². The summed E-state index contributed by atoms with van der Waals surface area (Å²) in [5.41, 5.74) is 0.722. The molecule has 0 atom stereocenters. The third kappa shape index (κ3) is 3.55. The second-order valence-corrected chi connectivity index (χ2v) is 5.60. The van der Waals surface area contributed by atoms with E-state index in [1.807, 2.05) is 0 Å². The molecule has 2 aromatic carbocycles. The second-order valence-electron chi connectivity index (χ2n) is 3.90. The molecule has 0 unspecified atom stereocenters. The molecule has 0 aliphatic heterocycles. The molecule has 4 nitrogen and oxygen atoms in total. The SMILES string of the molecule is O=[N+]([O-])c1ccc(COc2cc(F)ccc2Br)c(Br)c1. The lowest BCUT2D eigenvalue weighted by Crippen LogP contribution is -1.98. The molecule has 20 heavy (non-hydrogen) atoms. The number of halogens is 3. The Labute approximate surface area is 131 Å². The highest BCUT2D eigenvalue weighted by Crippen LogP contribution is 2.28. The topological polar surface area (TPSA) is 52.4 Å². The van der Waals surface area contributed by atoms with E-state index in [2.05, 4.69) is 31.9 Å². The fourth-order valence-electron chi connectivity index (χ4n) is 1.51. The predicted molar refractivity (Wildman–Crippen MR) is 79.2 cm³/mol. The van der Waals surface area contributed by atoms with Crippen LogP contribution in [0.5, 0.6) is 5.75 Å². The normalized spacial score (nSPS) is 10.3. The number of benzene rings is 2. The molecular weight excluding hydrogens is 397 g/mol. The number of nitro benzene ring substituents is 1. The Morgan fingerprint density at radius 2 is 1.90 bits per heavy atom. The van der Waals surface area contributed by atoms with Crippen LogP contribution < -0.4 is 4.74 Å². The first kappa shape index (κ1) is 14.9. The lowest BCUT2D eigenvalue weighted by molar-refractivity contribution is -0.384. The summed E-state index contributed by atoms with van der Waals surface area (Å²) in [6, 6.07) is 8.52. The van der Waals surface area contributed by atoms with Gasteiger partial charge in [-0.05, 0) is 34.1 Å². The van der Waals surface area contributed by atoms with Gasteiger partial charge in [0.2, 0.25) is 0 Å². The Kier molecular flexibility index (Phi) is 4.72. The molecule has 104 valence electrons. The van der Waals surface area contributed by atoms with Crippen LogP contribution in [0.1, 0.15) is 5.56 Å². The maximum atomic E-state index is 13.1. The number of nitrogens with zero attached hydrogens (tertiary/aromatic N) is 1. The van der Waals surface area contributed by atoms with Crippen molar-refractivity contribution in [2.45, 2.75) is 6.61 Å². The van der Waals surface area contributed by atoms with Crippen LogP contribution in [0.2, 0.25) is 0 Å². The van der Waals surface area contributed by atoms with E-state index in [1.54, 1.807) is 12.1 Å². The zero-order valence-corrected chi connectivity index (χ0v) is 13.1. The molecule has 0 amide bonds. The van der Waals surface area contributed by atoms with Gasteiger partial charge in [0, 0.05) is 28.2 Å². The molecule has 0 fully saturated rings. The number of ether oxygens (including phenoxy) is 1. The summed E-state index contributed by atoms with van der Waals surface area (Å²) in [7, 11) is 0. The van der Waals surface area contributed by atoms with Crippen LogP contribution in [0.3, 0.4) is 0 Å². The molecule has 0 N–H and O–H groups in total. The quantitative estimate of drug-likeness (QED) is 0.541. The van der Waals surface area contributed by atoms with Crippen molar-refractivity contribution in [2.75, 3.05) is 0 Å². The van der Waals surface area contributed by atoms with E-state index in [9.17, 15) is 14.5 Å². The van der Waals surface area contributed by atoms with E-state index in [0.29, 0.717) is 14.7 Å². The molecule has 0 heterocycles. The van der Waals surface area contributed by atoms with Crippen molar-refractivity contribution >= 4 is 37.5 Å². The van der Waals surface area contributed by atoms with Crippen molar-refractivity contribution in [1.82, 2.24) is 0 Å². The molecule has 0 aromatic heterocycles. The number of hydrogen-bond acceptors (Lipinski definition) is 3. The standard InChI is InChI=1S/C13H8Br2FNO3/c14-11-4-2-9(16)5-13(11)20-7-8-1-3-10(17(18)19)6-12(8)15/h1-6H,7H2. The average molecular weight is 405 g/mol. The van der Waals surface area contributed by atoms with Crippen molar-refractivity contribution in [3.05, 3.63) is 66.8 Å². The summed E-state index contributed by atoms with van der Waals surface area (Å²) in [6.45, 7) is 0.167. The Morgan fingerprint density at radius 1 is 1.15 bits per heavy atom. The fraction of sp³-hybridized carbons (Fsp3) is 0.0769. The molecule has 0 bridgehead atoms. The number of nitro groups is 1. The van der Waals surface area contributed by atoms with Crippen LogP contribution in [-0.4, -0.2) is 4.92 Å². The van der Waals surface area contributed by atoms with E-state index >= 15 is 0 Å². The van der Waals surface area contributed by atoms with Crippen molar-refractivity contribution in [3.63, 3.8) is 0 Å². The summed E-state index contributed by atoms with van der Waals surface area (Å²) in [5, 5.41) is 10.6. The van der Waals surface area contributed by atoms with Gasteiger partial charge in [-0.2, -0.15) is 0 Å². The Balaban J connectivity index is 2.15. The fourth-order valence-corrected chi connectivity index (χ4v) is 2.35. The van der Waals surface area contributed by atoms with Crippen LogP contribution in [0.25, 0.3) is 0 Å². The number of hydrogen-bond donors (Lipinski definition) is 0. The smallest absolute Gasteiger partial charge is 0.270 e. The van der Waals surface area contributed by atoms with Crippen LogP contribution in [0.4, 0.5) is 10.1 Å². The van der Waals surface area contributed by atoms with Gasteiger partial charge in [-0.3, -0.25) is 10.1 Å². The minimum absolute atomic E-state index is 0.00689. The Bertz CT molecular complexity index is 664. The molecule has 2 rings (SSSR count). The van der Waals surface area contributed by atoms with E-state index in [0.717, 1.165) is 5.56 Å². The van der Waals surface area contributed by atoms with Gasteiger partial charge in [0.1, 0.15) is 18.2 Å². The summed E-state index contributed by atoms with van der Waals surface area (Å²) < 4.78 is 19.8. The van der Waals surface area contributed by atoms with Crippen LogP contribution in [0.15, 0.2) is 45.3 Å². The van der Waals surface area contributed by atoms with E-state index in [-0.39, 0.29) is 12.3 Å². The van der Waals surface area contributed by atoms with Crippen molar-refractivity contribution in [3.8, 4) is 5.75 Å². The van der Waals surface area contributed by atoms with Gasteiger partial charge in [0.05, 0.1) is 9.40 Å². The lowest BCUT2D eigenvalue weighted by Gasteiger charge is -2.09. The van der Waals surface area contributed by atoms with Gasteiger partial charge in [-0.25, -0.2) is 4.39 Å². The molecule has 0 saturated heterocycles. The van der Waals surface area contributed by atoms with E-state index in [1.165, 1.54) is 24.3 Å². The number of rotatable bonds is 4. The van der Waals surface area contributed by atoms with Gasteiger partial charge >= 0.3 is 0 Å². The maximum Gasteiger partial charge on any atom is 0.270 e. The first-order valence-corrected chi connectivity index (χ1v) is 7.06. The van der Waals surface area contributed by atoms with Gasteiger partial charge in [-0.15, -0.1) is 0 Å². The highest BCUT2D eigenvalue weighted by molar-refractivity contribution is 9.10. The van der Waals surface area contributed by atoms with Gasteiger partial charge in [0.15, 0.2) is 0 Å². The first-order chi connectivity index (χ1) is 9.47. The minimum Gasteiger partial charge on any atom is -0.488 e. The monoisotopic (exact) mass is 403 g/mol. The largest absolute Gasteiger partial charge is 0.488 e. The number of non-ortho nitro benzene ring substituents is 1. The molecular formula is C13H8Br2FNO3. The first-order valence-electron chi connectivity index (χ1n) is 5.48. The van der Waals surface area contributed by atoms with E-state index < -0.39 is 10.7 Å². The summed E-state index contributed by atoms with van der Waals surface area (Å²) in [5.74, 6) is -0.0267. The predicted octanol–water partition coefficient (Wildman–Crippen LogP) is 4.84. The molecule has 0 aliphatic rings. The van der Waals surface area contributed by atoms with Gasteiger partial charge in [-0.1, -0.05) is 15.9 Å². The molecule has 0 radical (unpaired) electrons. The van der Waals surface area contributed by atoms with Crippen molar-refractivity contribution < 1.29 is 14.1 Å². The molecule has 0 spiro atoms. The lowest BCUT2D eigenvalue weighted by atomic mass is 10.2. The Hall–Kier alpha value is -1.47. The van der Waals surface area contributed by atoms with Crippen LogP contribution >= 0.6 is 31.9 Å². The third-order valence-electron chi connectivity index (χ3n) is 2.52. The molecule has 0 saturated carbocycles. The highest BCUT2D eigenvalue weighted by atomic mass is 79.9.